The highest BCUT2D eigenvalue weighted by Gasteiger charge is 2.24. The number of hydrogen-bond acceptors (Lipinski definition) is 4. The number of rotatable bonds is 9. The lowest BCUT2D eigenvalue weighted by molar-refractivity contribution is -0.121. The van der Waals surface area contributed by atoms with E-state index in [0.717, 1.165) is 18.4 Å². The molecule has 0 saturated carbocycles. The van der Waals surface area contributed by atoms with Gasteiger partial charge >= 0.3 is 0 Å². The standard InChI is InChI=1S/C17H25ClN2O4S/c1-25(22,23)20(13-16-3-2-12-24-16)11-9-17(21)19-10-8-14-4-6-15(18)7-5-14/h4-7,16H,2-3,8-13H2,1H3,(H,19,21). The van der Waals surface area contributed by atoms with Crippen LogP contribution in [-0.2, 0) is 26.0 Å². The van der Waals surface area contributed by atoms with Crippen molar-refractivity contribution in [3.63, 3.8) is 0 Å². The molecule has 1 aliphatic rings. The molecule has 2 rings (SSSR count). The van der Waals surface area contributed by atoms with Crippen LogP contribution < -0.4 is 5.32 Å². The third kappa shape index (κ3) is 7.32. The molecule has 0 spiro atoms. The van der Waals surface area contributed by atoms with Crippen LogP contribution in [-0.4, -0.2) is 57.2 Å². The molecule has 1 amide bonds. The van der Waals surface area contributed by atoms with Crippen molar-refractivity contribution >= 4 is 27.5 Å². The van der Waals surface area contributed by atoms with Gasteiger partial charge in [0.25, 0.3) is 0 Å². The van der Waals surface area contributed by atoms with Crippen LogP contribution in [0.5, 0.6) is 0 Å². The van der Waals surface area contributed by atoms with E-state index in [2.05, 4.69) is 5.32 Å². The summed E-state index contributed by atoms with van der Waals surface area (Å²) in [4.78, 5) is 12.0. The number of carbonyl (C=O) groups is 1. The molecule has 0 aliphatic carbocycles. The summed E-state index contributed by atoms with van der Waals surface area (Å²) in [5.74, 6) is -0.157. The molecule has 1 unspecified atom stereocenters. The first kappa shape index (κ1) is 20.2. The van der Waals surface area contributed by atoms with E-state index in [9.17, 15) is 13.2 Å². The summed E-state index contributed by atoms with van der Waals surface area (Å²) in [5, 5.41) is 3.50. The number of amides is 1. The third-order valence-electron chi connectivity index (χ3n) is 4.14. The highest BCUT2D eigenvalue weighted by atomic mass is 35.5. The maximum atomic E-state index is 12.0. The average molecular weight is 389 g/mol. The SMILES string of the molecule is CS(=O)(=O)N(CCC(=O)NCCc1ccc(Cl)cc1)CC1CCCO1. The lowest BCUT2D eigenvalue weighted by atomic mass is 10.1. The fourth-order valence-electron chi connectivity index (χ4n) is 2.72. The Morgan fingerprint density at radius 3 is 2.68 bits per heavy atom. The van der Waals surface area contributed by atoms with E-state index in [4.69, 9.17) is 16.3 Å². The molecule has 1 saturated heterocycles. The second-order valence-corrected chi connectivity index (χ2v) is 8.65. The van der Waals surface area contributed by atoms with Crippen LogP contribution in [0.4, 0.5) is 0 Å². The van der Waals surface area contributed by atoms with Crippen LogP contribution in [0.15, 0.2) is 24.3 Å². The van der Waals surface area contributed by atoms with Gasteiger partial charge < -0.3 is 10.1 Å². The minimum atomic E-state index is -3.35. The van der Waals surface area contributed by atoms with E-state index < -0.39 is 10.0 Å². The van der Waals surface area contributed by atoms with Gasteiger partial charge in [-0.3, -0.25) is 4.79 Å². The Bertz CT molecular complexity index is 658. The summed E-state index contributed by atoms with van der Waals surface area (Å²) in [6.07, 6.45) is 3.75. The molecule has 1 aromatic rings. The molecule has 1 fully saturated rings. The third-order valence-corrected chi connectivity index (χ3v) is 5.66. The van der Waals surface area contributed by atoms with Crippen LogP contribution in [0.25, 0.3) is 0 Å². The molecule has 1 aromatic carbocycles. The Morgan fingerprint density at radius 1 is 1.36 bits per heavy atom. The number of carbonyl (C=O) groups excluding carboxylic acids is 1. The Morgan fingerprint density at radius 2 is 2.08 bits per heavy atom. The van der Waals surface area contributed by atoms with Crippen molar-refractivity contribution in [2.45, 2.75) is 31.8 Å². The number of halogens is 1. The predicted molar refractivity (Wildman–Crippen MR) is 98.2 cm³/mol. The largest absolute Gasteiger partial charge is 0.377 e. The molecule has 140 valence electrons. The van der Waals surface area contributed by atoms with Crippen LogP contribution in [0.2, 0.25) is 5.02 Å². The first-order chi connectivity index (χ1) is 11.8. The van der Waals surface area contributed by atoms with Gasteiger partial charge in [0, 0.05) is 37.7 Å². The van der Waals surface area contributed by atoms with Crippen LogP contribution in [0.1, 0.15) is 24.8 Å². The highest BCUT2D eigenvalue weighted by Crippen LogP contribution is 2.15. The van der Waals surface area contributed by atoms with Gasteiger partial charge in [0.2, 0.25) is 15.9 Å². The van der Waals surface area contributed by atoms with Crippen molar-refractivity contribution < 1.29 is 17.9 Å². The number of hydrogen-bond donors (Lipinski definition) is 1. The number of ether oxygens (including phenoxy) is 1. The second kappa shape index (κ2) is 9.52. The van der Waals surface area contributed by atoms with Gasteiger partial charge in [-0.25, -0.2) is 8.42 Å². The second-order valence-electron chi connectivity index (χ2n) is 6.23. The van der Waals surface area contributed by atoms with Crippen molar-refractivity contribution in [2.75, 3.05) is 32.5 Å². The van der Waals surface area contributed by atoms with Crippen molar-refractivity contribution in [1.82, 2.24) is 9.62 Å². The normalized spacial score (nSPS) is 17.8. The smallest absolute Gasteiger partial charge is 0.221 e. The number of sulfonamides is 1. The van der Waals surface area contributed by atoms with Crippen LogP contribution in [0, 0.1) is 0 Å². The van der Waals surface area contributed by atoms with E-state index in [1.54, 1.807) is 0 Å². The molecule has 1 N–H and O–H groups in total. The Hall–Kier alpha value is -1.15. The minimum absolute atomic E-state index is 0.0670. The first-order valence-corrected chi connectivity index (χ1v) is 10.6. The summed E-state index contributed by atoms with van der Waals surface area (Å²) in [5.41, 5.74) is 1.08. The fourth-order valence-corrected chi connectivity index (χ4v) is 3.71. The topological polar surface area (TPSA) is 75.7 Å². The zero-order valence-corrected chi connectivity index (χ0v) is 16.0. The van der Waals surface area contributed by atoms with Crippen molar-refractivity contribution in [3.05, 3.63) is 34.9 Å². The predicted octanol–water partition coefficient (Wildman–Crippen LogP) is 1.83. The molecule has 8 heteroatoms. The Balaban J connectivity index is 1.73. The minimum Gasteiger partial charge on any atom is -0.377 e. The number of nitrogens with one attached hydrogen (secondary N) is 1. The molecular weight excluding hydrogens is 364 g/mol. The lowest BCUT2D eigenvalue weighted by Gasteiger charge is -2.22. The molecule has 0 radical (unpaired) electrons. The van der Waals surface area contributed by atoms with E-state index >= 15 is 0 Å². The van der Waals surface area contributed by atoms with Gasteiger partial charge in [-0.2, -0.15) is 4.31 Å². The molecular formula is C17H25ClN2O4S. The Labute approximate surface area is 154 Å². The van der Waals surface area contributed by atoms with Crippen molar-refractivity contribution in [1.29, 1.82) is 0 Å². The molecule has 6 nitrogen and oxygen atoms in total. The van der Waals surface area contributed by atoms with Gasteiger partial charge in [0.05, 0.1) is 12.4 Å². The van der Waals surface area contributed by atoms with Crippen molar-refractivity contribution in [2.24, 2.45) is 0 Å². The maximum absolute atomic E-state index is 12.0. The monoisotopic (exact) mass is 388 g/mol. The van der Waals surface area contributed by atoms with Gasteiger partial charge in [-0.15, -0.1) is 0 Å². The molecule has 25 heavy (non-hydrogen) atoms. The summed E-state index contributed by atoms with van der Waals surface area (Å²) in [6.45, 7) is 1.67. The summed E-state index contributed by atoms with van der Waals surface area (Å²) < 4.78 is 30.6. The maximum Gasteiger partial charge on any atom is 0.221 e. The number of benzene rings is 1. The lowest BCUT2D eigenvalue weighted by Crippen LogP contribution is -2.39. The summed E-state index contributed by atoms with van der Waals surface area (Å²) in [7, 11) is -3.35. The van der Waals surface area contributed by atoms with Crippen molar-refractivity contribution in [3.8, 4) is 0 Å². The van der Waals surface area contributed by atoms with Gasteiger partial charge in [0.15, 0.2) is 0 Å². The van der Waals surface area contributed by atoms with E-state index in [-0.39, 0.29) is 25.0 Å². The molecule has 1 aliphatic heterocycles. The zero-order valence-electron chi connectivity index (χ0n) is 14.4. The average Bonchev–Trinajstić information content (AvgIpc) is 3.05. The zero-order chi connectivity index (χ0) is 18.3. The van der Waals surface area contributed by atoms with Crippen LogP contribution >= 0.6 is 11.6 Å². The molecule has 1 atom stereocenters. The quantitative estimate of drug-likeness (QED) is 0.700. The molecule has 0 aromatic heterocycles. The van der Waals surface area contributed by atoms with E-state index in [1.165, 1.54) is 10.6 Å². The van der Waals surface area contributed by atoms with Gasteiger partial charge in [0.1, 0.15) is 0 Å². The molecule has 0 bridgehead atoms. The molecule has 1 heterocycles. The van der Waals surface area contributed by atoms with Crippen LogP contribution in [0.3, 0.4) is 0 Å². The Kier molecular flexibility index (Phi) is 7.68. The summed E-state index contributed by atoms with van der Waals surface area (Å²) >= 11 is 5.83. The van der Waals surface area contributed by atoms with E-state index in [1.807, 2.05) is 24.3 Å². The highest BCUT2D eigenvalue weighted by molar-refractivity contribution is 7.88. The fraction of sp³-hybridized carbons (Fsp3) is 0.588. The first-order valence-electron chi connectivity index (χ1n) is 8.42. The van der Waals surface area contributed by atoms with Gasteiger partial charge in [-0.05, 0) is 37.0 Å². The van der Waals surface area contributed by atoms with Gasteiger partial charge in [-0.1, -0.05) is 23.7 Å². The summed E-state index contributed by atoms with van der Waals surface area (Å²) in [6, 6.07) is 7.46. The number of nitrogens with zero attached hydrogens (tertiary/aromatic N) is 1. The van der Waals surface area contributed by atoms with E-state index in [0.29, 0.717) is 31.1 Å².